The summed E-state index contributed by atoms with van der Waals surface area (Å²) < 4.78 is 13.4. The van der Waals surface area contributed by atoms with Crippen molar-refractivity contribution in [1.29, 1.82) is 0 Å². The van der Waals surface area contributed by atoms with Crippen LogP contribution in [-0.2, 0) is 0 Å². The van der Waals surface area contributed by atoms with E-state index in [0.717, 1.165) is 6.07 Å². The second-order valence-corrected chi connectivity index (χ2v) is 4.88. The number of rotatable bonds is 3. The zero-order valence-corrected chi connectivity index (χ0v) is 12.4. The Morgan fingerprint density at radius 2 is 1.90 bits per heavy atom. The zero-order chi connectivity index (χ0) is 15.4. The van der Waals surface area contributed by atoms with Gasteiger partial charge in [0, 0.05) is 23.5 Å². The van der Waals surface area contributed by atoms with Crippen LogP contribution >= 0.6 is 23.2 Å². The number of pyridine rings is 1. The zero-order valence-electron chi connectivity index (χ0n) is 10.9. The number of carbonyl (C=O) groups excluding carboxylic acids is 1. The van der Waals surface area contributed by atoms with Crippen LogP contribution in [0, 0.1) is 5.82 Å². The summed E-state index contributed by atoms with van der Waals surface area (Å²) in [5.74, 6) is -1.02. The third-order valence-corrected chi connectivity index (χ3v) is 3.36. The number of amides is 1. The summed E-state index contributed by atoms with van der Waals surface area (Å²) in [5.41, 5.74) is 3.30. The van der Waals surface area contributed by atoms with Crippen LogP contribution in [0.3, 0.4) is 0 Å². The Morgan fingerprint density at radius 3 is 2.57 bits per heavy atom. The lowest BCUT2D eigenvalue weighted by Crippen LogP contribution is -2.19. The van der Waals surface area contributed by atoms with E-state index in [2.05, 4.69) is 15.5 Å². The summed E-state index contributed by atoms with van der Waals surface area (Å²) in [6, 6.07) is 5.63. The lowest BCUT2D eigenvalue weighted by molar-refractivity contribution is 0.0954. The molecule has 0 bridgehead atoms. The van der Waals surface area contributed by atoms with Crippen molar-refractivity contribution in [2.24, 2.45) is 5.10 Å². The SMILES string of the molecule is C/C(=N/NC(=O)c1ccncc1)c1c(Cl)ccc(F)c1Cl. The van der Waals surface area contributed by atoms with Gasteiger partial charge in [0.05, 0.1) is 15.8 Å². The Hall–Kier alpha value is -1.98. The highest BCUT2D eigenvalue weighted by atomic mass is 35.5. The standard InChI is InChI=1S/C14H10Cl2FN3O/c1-8(12-10(15)2-3-11(17)13(12)16)19-20-14(21)9-4-6-18-7-5-9/h2-7H,1H3,(H,20,21)/b19-8-. The van der Waals surface area contributed by atoms with Crippen LogP contribution in [0.25, 0.3) is 0 Å². The van der Waals surface area contributed by atoms with Crippen LogP contribution in [0.15, 0.2) is 41.8 Å². The first-order chi connectivity index (χ1) is 10.0. The molecule has 4 nitrogen and oxygen atoms in total. The van der Waals surface area contributed by atoms with Crippen molar-refractivity contribution in [3.05, 3.63) is 63.6 Å². The van der Waals surface area contributed by atoms with Gasteiger partial charge >= 0.3 is 0 Å². The van der Waals surface area contributed by atoms with Gasteiger partial charge in [-0.1, -0.05) is 23.2 Å². The summed E-state index contributed by atoms with van der Waals surface area (Å²) in [6.45, 7) is 1.57. The molecule has 1 amide bonds. The van der Waals surface area contributed by atoms with E-state index in [1.807, 2.05) is 0 Å². The number of halogens is 3. The van der Waals surface area contributed by atoms with Gasteiger partial charge in [-0.25, -0.2) is 9.82 Å². The number of hydrogen-bond donors (Lipinski definition) is 1. The molecule has 108 valence electrons. The maximum absolute atomic E-state index is 13.4. The van der Waals surface area contributed by atoms with Crippen molar-refractivity contribution >= 4 is 34.8 Å². The Morgan fingerprint density at radius 1 is 1.24 bits per heavy atom. The number of nitrogens with one attached hydrogen (secondary N) is 1. The first-order valence-corrected chi connectivity index (χ1v) is 6.65. The first-order valence-electron chi connectivity index (χ1n) is 5.89. The van der Waals surface area contributed by atoms with Crippen LogP contribution < -0.4 is 5.43 Å². The minimum absolute atomic E-state index is 0.137. The largest absolute Gasteiger partial charge is 0.271 e. The first kappa shape index (κ1) is 15.4. The molecule has 0 saturated carbocycles. The van der Waals surface area contributed by atoms with Crippen LogP contribution in [0.5, 0.6) is 0 Å². The van der Waals surface area contributed by atoms with Gasteiger partial charge in [0.1, 0.15) is 5.82 Å². The average Bonchev–Trinajstić information content (AvgIpc) is 2.50. The average molecular weight is 326 g/mol. The van der Waals surface area contributed by atoms with Crippen molar-refractivity contribution in [3.8, 4) is 0 Å². The number of nitrogens with zero attached hydrogens (tertiary/aromatic N) is 2. The molecule has 21 heavy (non-hydrogen) atoms. The van der Waals surface area contributed by atoms with E-state index in [4.69, 9.17) is 23.2 Å². The summed E-state index contributed by atoms with van der Waals surface area (Å²) in [6.07, 6.45) is 2.98. The second-order valence-electron chi connectivity index (χ2n) is 4.09. The maximum atomic E-state index is 13.4. The summed E-state index contributed by atoms with van der Waals surface area (Å²) >= 11 is 11.8. The van der Waals surface area contributed by atoms with Gasteiger partial charge in [-0.15, -0.1) is 0 Å². The Labute approximate surface area is 130 Å². The van der Waals surface area contributed by atoms with Crippen molar-refractivity contribution in [3.63, 3.8) is 0 Å². The topological polar surface area (TPSA) is 54.4 Å². The van der Waals surface area contributed by atoms with Crippen LogP contribution in [-0.4, -0.2) is 16.6 Å². The maximum Gasteiger partial charge on any atom is 0.271 e. The van der Waals surface area contributed by atoms with Crippen LogP contribution in [0.1, 0.15) is 22.8 Å². The third kappa shape index (κ3) is 3.56. The molecular formula is C14H10Cl2FN3O. The molecule has 0 aliphatic heterocycles. The van der Waals surface area contributed by atoms with Crippen molar-refractivity contribution < 1.29 is 9.18 Å². The summed E-state index contributed by atoms with van der Waals surface area (Å²) in [4.78, 5) is 15.6. The fraction of sp³-hybridized carbons (Fsp3) is 0.0714. The fourth-order valence-electron chi connectivity index (χ4n) is 1.62. The monoisotopic (exact) mass is 325 g/mol. The molecule has 0 aliphatic rings. The molecule has 0 unspecified atom stereocenters. The molecule has 1 aromatic heterocycles. The van der Waals surface area contributed by atoms with E-state index in [1.54, 1.807) is 19.1 Å². The minimum Gasteiger partial charge on any atom is -0.267 e. The fourth-order valence-corrected chi connectivity index (χ4v) is 2.26. The number of carbonyl (C=O) groups is 1. The van der Waals surface area contributed by atoms with Crippen molar-refractivity contribution in [2.45, 2.75) is 6.92 Å². The molecule has 0 atom stereocenters. The quantitative estimate of drug-likeness (QED) is 0.531. The molecule has 0 saturated heterocycles. The molecule has 0 spiro atoms. The van der Waals surface area contributed by atoms with Crippen LogP contribution in [0.2, 0.25) is 10.0 Å². The molecule has 1 N–H and O–H groups in total. The molecule has 0 fully saturated rings. The highest BCUT2D eigenvalue weighted by Crippen LogP contribution is 2.27. The Bertz CT molecular complexity index is 705. The number of benzene rings is 1. The van der Waals surface area contributed by atoms with Crippen molar-refractivity contribution in [1.82, 2.24) is 10.4 Å². The smallest absolute Gasteiger partial charge is 0.267 e. The molecule has 0 aliphatic carbocycles. The molecular weight excluding hydrogens is 316 g/mol. The highest BCUT2D eigenvalue weighted by molar-refractivity contribution is 6.40. The predicted molar refractivity (Wildman–Crippen MR) is 80.3 cm³/mol. The number of hydrogen-bond acceptors (Lipinski definition) is 3. The molecule has 1 heterocycles. The van der Waals surface area contributed by atoms with Crippen LogP contribution in [0.4, 0.5) is 4.39 Å². The van der Waals surface area contributed by atoms with Gasteiger partial charge in [-0.2, -0.15) is 5.10 Å². The van der Waals surface area contributed by atoms with Gasteiger partial charge in [0.2, 0.25) is 0 Å². The third-order valence-electron chi connectivity index (χ3n) is 2.67. The van der Waals surface area contributed by atoms with E-state index >= 15 is 0 Å². The molecule has 0 radical (unpaired) electrons. The Kier molecular flexibility index (Phi) is 4.88. The molecule has 2 aromatic rings. The lowest BCUT2D eigenvalue weighted by atomic mass is 10.1. The normalized spacial score (nSPS) is 11.3. The van der Waals surface area contributed by atoms with Gasteiger partial charge in [0.15, 0.2) is 0 Å². The Balaban J connectivity index is 2.23. The van der Waals surface area contributed by atoms with E-state index in [9.17, 15) is 9.18 Å². The molecule has 2 rings (SSSR count). The van der Waals surface area contributed by atoms with E-state index in [0.29, 0.717) is 11.3 Å². The molecule has 7 heteroatoms. The van der Waals surface area contributed by atoms with E-state index < -0.39 is 11.7 Å². The predicted octanol–water partition coefficient (Wildman–Crippen LogP) is 3.68. The minimum atomic E-state index is -0.605. The summed E-state index contributed by atoms with van der Waals surface area (Å²) in [5, 5.41) is 4.01. The van der Waals surface area contributed by atoms with E-state index in [1.165, 1.54) is 18.5 Å². The lowest BCUT2D eigenvalue weighted by Gasteiger charge is -2.07. The van der Waals surface area contributed by atoms with Gasteiger partial charge in [-0.05, 0) is 31.2 Å². The van der Waals surface area contributed by atoms with Gasteiger partial charge < -0.3 is 0 Å². The number of hydrazone groups is 1. The van der Waals surface area contributed by atoms with Gasteiger partial charge in [-0.3, -0.25) is 9.78 Å². The summed E-state index contributed by atoms with van der Waals surface area (Å²) in [7, 11) is 0. The van der Waals surface area contributed by atoms with E-state index in [-0.39, 0.29) is 15.6 Å². The van der Waals surface area contributed by atoms with Crippen molar-refractivity contribution in [2.75, 3.05) is 0 Å². The second kappa shape index (κ2) is 6.65. The highest BCUT2D eigenvalue weighted by Gasteiger charge is 2.14. The van der Waals surface area contributed by atoms with Gasteiger partial charge in [0.25, 0.3) is 5.91 Å². The molecule has 1 aromatic carbocycles. The number of aromatic nitrogens is 1.